The average molecular weight is 325 g/mol. The molecule has 0 atom stereocenters. The minimum absolute atomic E-state index is 0.0556. The van der Waals surface area contributed by atoms with Crippen LogP contribution in [0.15, 0.2) is 47.6 Å². The largest absolute Gasteiger partial charge is 0.507 e. The molecule has 0 saturated carbocycles. The summed E-state index contributed by atoms with van der Waals surface area (Å²) in [5.41, 5.74) is 0.560. The number of halogens is 3. The van der Waals surface area contributed by atoms with Crippen LogP contribution in [0.1, 0.15) is 11.1 Å². The number of hydrogen-bond donors (Lipinski definition) is 2. The number of nitro benzene ring substituents is 1. The van der Waals surface area contributed by atoms with Gasteiger partial charge in [-0.3, -0.25) is 15.5 Å². The van der Waals surface area contributed by atoms with E-state index in [-0.39, 0.29) is 11.4 Å². The Morgan fingerprint density at radius 2 is 1.91 bits per heavy atom. The van der Waals surface area contributed by atoms with Crippen molar-refractivity contribution in [3.63, 3.8) is 0 Å². The highest BCUT2D eigenvalue weighted by atomic mass is 19.4. The molecule has 2 aromatic carbocycles. The van der Waals surface area contributed by atoms with Gasteiger partial charge in [0.15, 0.2) is 0 Å². The van der Waals surface area contributed by atoms with Crippen LogP contribution in [-0.2, 0) is 6.18 Å². The molecule has 0 aliphatic rings. The van der Waals surface area contributed by atoms with Crippen LogP contribution in [-0.4, -0.2) is 16.2 Å². The first-order valence-corrected chi connectivity index (χ1v) is 6.22. The van der Waals surface area contributed by atoms with E-state index in [0.29, 0.717) is 17.7 Å². The van der Waals surface area contributed by atoms with E-state index in [1.54, 1.807) is 18.2 Å². The second-order valence-electron chi connectivity index (χ2n) is 4.42. The van der Waals surface area contributed by atoms with E-state index >= 15 is 0 Å². The summed E-state index contributed by atoms with van der Waals surface area (Å²) in [5.74, 6) is -0.0556. The highest BCUT2D eigenvalue weighted by molar-refractivity contribution is 5.84. The smallest absolute Gasteiger partial charge is 0.416 e. The number of phenols is 1. The standard InChI is InChI=1S/C14H10F3N3O3/c15-14(16,17)10-5-6-11(12(7-10)20(22)23)19-18-8-9-3-1-2-4-13(9)21/h1-8,19,21H. The number of nitro groups is 1. The molecule has 2 rings (SSSR count). The molecule has 6 nitrogen and oxygen atoms in total. The Hall–Kier alpha value is -3.10. The van der Waals surface area contributed by atoms with Gasteiger partial charge < -0.3 is 5.11 Å². The van der Waals surface area contributed by atoms with Gasteiger partial charge in [-0.2, -0.15) is 18.3 Å². The molecule has 0 spiro atoms. The first kappa shape index (κ1) is 16.3. The van der Waals surface area contributed by atoms with Crippen LogP contribution < -0.4 is 5.43 Å². The van der Waals surface area contributed by atoms with E-state index < -0.39 is 22.4 Å². The molecule has 0 unspecified atom stereocenters. The maximum atomic E-state index is 12.6. The molecule has 9 heteroatoms. The summed E-state index contributed by atoms with van der Waals surface area (Å²) in [5, 5.41) is 24.1. The number of nitrogens with zero attached hydrogens (tertiary/aromatic N) is 2. The lowest BCUT2D eigenvalue weighted by molar-refractivity contribution is -0.384. The first-order valence-electron chi connectivity index (χ1n) is 6.22. The molecule has 0 aliphatic heterocycles. The molecule has 0 amide bonds. The fraction of sp³-hybridized carbons (Fsp3) is 0.0714. The normalized spacial score (nSPS) is 11.6. The summed E-state index contributed by atoms with van der Waals surface area (Å²) < 4.78 is 37.7. The summed E-state index contributed by atoms with van der Waals surface area (Å²) in [6.45, 7) is 0. The predicted octanol–water partition coefficient (Wildman–Crippen LogP) is 3.77. The SMILES string of the molecule is O=[N+]([O-])c1cc(C(F)(F)F)ccc1NN=Cc1ccccc1O. The third-order valence-corrected chi connectivity index (χ3v) is 2.85. The molecule has 0 fully saturated rings. The molecule has 2 aromatic rings. The van der Waals surface area contributed by atoms with E-state index in [1.165, 1.54) is 12.3 Å². The third-order valence-electron chi connectivity index (χ3n) is 2.85. The topological polar surface area (TPSA) is 87.8 Å². The Labute approximate surface area is 128 Å². The van der Waals surface area contributed by atoms with Gasteiger partial charge in [0.2, 0.25) is 0 Å². The Kier molecular flexibility index (Phi) is 4.49. The summed E-state index contributed by atoms with van der Waals surface area (Å²) in [4.78, 5) is 9.96. The quantitative estimate of drug-likeness (QED) is 0.509. The Morgan fingerprint density at radius 1 is 1.22 bits per heavy atom. The van der Waals surface area contributed by atoms with Crippen molar-refractivity contribution in [2.45, 2.75) is 6.18 Å². The van der Waals surface area contributed by atoms with Gasteiger partial charge in [0.25, 0.3) is 5.69 Å². The first-order chi connectivity index (χ1) is 10.8. The van der Waals surface area contributed by atoms with Gasteiger partial charge in [-0.05, 0) is 24.3 Å². The van der Waals surface area contributed by atoms with Gasteiger partial charge in [-0.1, -0.05) is 12.1 Å². The highest BCUT2D eigenvalue weighted by Crippen LogP contribution is 2.34. The molecule has 2 N–H and O–H groups in total. The zero-order chi connectivity index (χ0) is 17.0. The third kappa shape index (κ3) is 3.96. The molecular weight excluding hydrogens is 315 g/mol. The van der Waals surface area contributed by atoms with E-state index in [1.807, 2.05) is 0 Å². The number of hydrazone groups is 1. The van der Waals surface area contributed by atoms with Gasteiger partial charge in [0.1, 0.15) is 11.4 Å². The molecule has 23 heavy (non-hydrogen) atoms. The average Bonchev–Trinajstić information content (AvgIpc) is 2.48. The number of phenolic OH excluding ortho intramolecular Hbond substituents is 1. The van der Waals surface area contributed by atoms with E-state index in [2.05, 4.69) is 10.5 Å². The predicted molar refractivity (Wildman–Crippen MR) is 77.4 cm³/mol. The number of nitrogens with one attached hydrogen (secondary N) is 1. The van der Waals surface area contributed by atoms with E-state index in [4.69, 9.17) is 0 Å². The van der Waals surface area contributed by atoms with Crippen molar-refractivity contribution in [1.82, 2.24) is 0 Å². The summed E-state index contributed by atoms with van der Waals surface area (Å²) in [6, 6.07) is 8.26. The van der Waals surface area contributed by atoms with Crippen LogP contribution in [0.5, 0.6) is 5.75 Å². The molecule has 0 heterocycles. The van der Waals surface area contributed by atoms with Crippen LogP contribution in [0.3, 0.4) is 0 Å². The van der Waals surface area contributed by atoms with Crippen molar-refractivity contribution in [1.29, 1.82) is 0 Å². The molecule has 120 valence electrons. The molecule has 0 aliphatic carbocycles. The summed E-state index contributed by atoms with van der Waals surface area (Å²) >= 11 is 0. The van der Waals surface area contributed by atoms with Crippen molar-refractivity contribution in [2.75, 3.05) is 5.43 Å². The minimum atomic E-state index is -4.68. The van der Waals surface area contributed by atoms with Crippen LogP contribution in [0.25, 0.3) is 0 Å². The Balaban J connectivity index is 2.26. The second kappa shape index (κ2) is 6.34. The number of benzene rings is 2. The zero-order valence-electron chi connectivity index (χ0n) is 11.4. The van der Waals surface area contributed by atoms with Gasteiger partial charge in [-0.15, -0.1) is 0 Å². The Morgan fingerprint density at radius 3 is 2.52 bits per heavy atom. The zero-order valence-corrected chi connectivity index (χ0v) is 11.4. The van der Waals surface area contributed by atoms with Crippen LogP contribution >= 0.6 is 0 Å². The van der Waals surface area contributed by atoms with Gasteiger partial charge in [-0.25, -0.2) is 0 Å². The van der Waals surface area contributed by atoms with Crippen molar-refractivity contribution >= 4 is 17.6 Å². The number of alkyl halides is 3. The number of hydrogen-bond acceptors (Lipinski definition) is 5. The maximum Gasteiger partial charge on any atom is 0.416 e. The summed E-state index contributed by atoms with van der Waals surface area (Å²) in [7, 11) is 0. The lowest BCUT2D eigenvalue weighted by Gasteiger charge is -2.08. The second-order valence-corrected chi connectivity index (χ2v) is 4.42. The van der Waals surface area contributed by atoms with Gasteiger partial charge >= 0.3 is 6.18 Å². The number of aromatic hydroxyl groups is 1. The number of rotatable bonds is 4. The number of anilines is 1. The van der Waals surface area contributed by atoms with Crippen LogP contribution in [0.2, 0.25) is 0 Å². The van der Waals surface area contributed by atoms with Crippen LogP contribution in [0.4, 0.5) is 24.5 Å². The van der Waals surface area contributed by atoms with Crippen molar-refractivity contribution in [2.24, 2.45) is 5.10 Å². The highest BCUT2D eigenvalue weighted by Gasteiger charge is 2.33. The number of para-hydroxylation sites is 1. The summed E-state index contributed by atoms with van der Waals surface area (Å²) in [6.07, 6.45) is -3.49. The van der Waals surface area contributed by atoms with Gasteiger partial charge in [0, 0.05) is 11.6 Å². The maximum absolute atomic E-state index is 12.6. The molecule has 0 radical (unpaired) electrons. The lowest BCUT2D eigenvalue weighted by Crippen LogP contribution is -2.06. The van der Waals surface area contributed by atoms with E-state index in [0.717, 1.165) is 6.07 Å². The fourth-order valence-corrected chi connectivity index (χ4v) is 1.72. The molecule has 0 aromatic heterocycles. The molecular formula is C14H10F3N3O3. The Bertz CT molecular complexity index is 760. The monoisotopic (exact) mass is 325 g/mol. The van der Waals surface area contributed by atoms with Gasteiger partial charge in [0.05, 0.1) is 16.7 Å². The van der Waals surface area contributed by atoms with Crippen molar-refractivity contribution in [3.8, 4) is 5.75 Å². The lowest BCUT2D eigenvalue weighted by atomic mass is 10.1. The van der Waals surface area contributed by atoms with E-state index in [9.17, 15) is 28.4 Å². The van der Waals surface area contributed by atoms with Crippen LogP contribution in [0, 0.1) is 10.1 Å². The molecule has 0 bridgehead atoms. The van der Waals surface area contributed by atoms with Crippen molar-refractivity contribution in [3.05, 3.63) is 63.7 Å². The molecule has 0 saturated heterocycles. The minimum Gasteiger partial charge on any atom is -0.507 e. The van der Waals surface area contributed by atoms with Crippen molar-refractivity contribution < 1.29 is 23.2 Å². The fourth-order valence-electron chi connectivity index (χ4n) is 1.72.